The van der Waals surface area contributed by atoms with E-state index in [9.17, 15) is 4.79 Å². The number of ether oxygens (including phenoxy) is 1. The number of rotatable bonds is 1. The Kier molecular flexibility index (Phi) is 4.16. The number of fused-ring (bicyclic) bond motifs is 1. The molecule has 82 valence electrons. The van der Waals surface area contributed by atoms with E-state index in [4.69, 9.17) is 9.84 Å². The summed E-state index contributed by atoms with van der Waals surface area (Å²) < 4.78 is 5.29. The fourth-order valence-electron chi connectivity index (χ4n) is 1.50. The van der Waals surface area contributed by atoms with Gasteiger partial charge >= 0.3 is 5.97 Å². The van der Waals surface area contributed by atoms with Gasteiger partial charge in [-0.3, -0.25) is 0 Å². The minimum Gasteiger partial charge on any atom is -0.479 e. The molecule has 1 atom stereocenters. The highest BCUT2D eigenvalue weighted by molar-refractivity contribution is 5.73. The molecule has 1 heterocycles. The van der Waals surface area contributed by atoms with Gasteiger partial charge in [0.2, 0.25) is 0 Å². The molecule has 0 aromatic heterocycles. The van der Waals surface area contributed by atoms with Gasteiger partial charge in [0.25, 0.3) is 0 Å². The minimum absolute atomic E-state index is 0.562. The zero-order valence-corrected chi connectivity index (χ0v) is 9.06. The van der Waals surface area contributed by atoms with Gasteiger partial charge in [0.15, 0.2) is 6.10 Å². The molecular weight excluding hydrogens is 192 g/mol. The Morgan fingerprint density at radius 1 is 1.40 bits per heavy atom. The van der Waals surface area contributed by atoms with Gasteiger partial charge in [0.05, 0.1) is 0 Å². The molecule has 0 amide bonds. The van der Waals surface area contributed by atoms with Crippen LogP contribution in [0.4, 0.5) is 0 Å². The quantitative estimate of drug-likeness (QED) is 0.771. The average Bonchev–Trinajstić information content (AvgIpc) is 2.31. The first-order valence-corrected chi connectivity index (χ1v) is 5.25. The highest BCUT2D eigenvalue weighted by atomic mass is 16.5. The van der Waals surface area contributed by atoms with Gasteiger partial charge in [0, 0.05) is 0 Å². The van der Waals surface area contributed by atoms with Gasteiger partial charge in [-0.15, -0.1) is 0 Å². The van der Waals surface area contributed by atoms with E-state index < -0.39 is 12.1 Å². The molecule has 0 saturated carbocycles. The topological polar surface area (TPSA) is 46.5 Å². The Labute approximate surface area is 89.7 Å². The average molecular weight is 208 g/mol. The molecule has 1 N–H and O–H groups in total. The highest BCUT2D eigenvalue weighted by Crippen LogP contribution is 2.26. The van der Waals surface area contributed by atoms with E-state index in [1.54, 1.807) is 0 Å². The molecule has 0 aliphatic carbocycles. The van der Waals surface area contributed by atoms with Crippen molar-refractivity contribution in [2.24, 2.45) is 0 Å². The molecule has 0 fully saturated rings. The molecule has 0 saturated heterocycles. The summed E-state index contributed by atoms with van der Waals surface area (Å²) in [7, 11) is 0. The van der Waals surface area contributed by atoms with Crippen molar-refractivity contribution in [3.63, 3.8) is 0 Å². The number of carboxylic acids is 1. The van der Waals surface area contributed by atoms with Crippen LogP contribution in [0.5, 0.6) is 5.75 Å². The van der Waals surface area contributed by atoms with E-state index in [1.165, 1.54) is 0 Å². The Morgan fingerprint density at radius 3 is 2.73 bits per heavy atom. The number of hydrogen-bond acceptors (Lipinski definition) is 2. The molecule has 0 radical (unpaired) electrons. The van der Waals surface area contributed by atoms with Crippen LogP contribution in [-0.2, 0) is 11.2 Å². The van der Waals surface area contributed by atoms with E-state index in [0.29, 0.717) is 12.2 Å². The first kappa shape index (κ1) is 11.6. The fourth-order valence-corrected chi connectivity index (χ4v) is 1.50. The number of aliphatic carboxylic acids is 1. The molecule has 0 spiro atoms. The molecule has 3 nitrogen and oxygen atoms in total. The van der Waals surface area contributed by atoms with Crippen LogP contribution in [0.15, 0.2) is 24.3 Å². The highest BCUT2D eigenvalue weighted by Gasteiger charge is 2.24. The third-order valence-corrected chi connectivity index (χ3v) is 2.19. The van der Waals surface area contributed by atoms with Crippen LogP contribution in [0.2, 0.25) is 0 Å². The third kappa shape index (κ3) is 2.72. The normalized spacial score (nSPS) is 17.9. The lowest BCUT2D eigenvalue weighted by Crippen LogP contribution is -2.30. The minimum atomic E-state index is -0.880. The molecule has 1 aliphatic heterocycles. The summed E-state index contributed by atoms with van der Waals surface area (Å²) in [6, 6.07) is 7.56. The van der Waals surface area contributed by atoms with E-state index in [2.05, 4.69) is 0 Å². The van der Waals surface area contributed by atoms with Crippen LogP contribution in [-0.4, -0.2) is 17.2 Å². The van der Waals surface area contributed by atoms with E-state index >= 15 is 0 Å². The summed E-state index contributed by atoms with van der Waals surface area (Å²) in [6.45, 7) is 4.00. The molecule has 2 rings (SSSR count). The maximum Gasteiger partial charge on any atom is 0.344 e. The molecule has 1 aliphatic rings. The Bertz CT molecular complexity index is 333. The number of aryl methyl sites for hydroxylation is 1. The number of hydrogen-bond donors (Lipinski definition) is 1. The van der Waals surface area contributed by atoms with Crippen molar-refractivity contribution in [2.45, 2.75) is 32.8 Å². The monoisotopic (exact) mass is 208 g/mol. The maximum absolute atomic E-state index is 10.6. The van der Waals surface area contributed by atoms with Crippen LogP contribution >= 0.6 is 0 Å². The molecular formula is C12H16O3. The van der Waals surface area contributed by atoms with Crippen molar-refractivity contribution in [3.05, 3.63) is 29.8 Å². The second kappa shape index (κ2) is 5.39. The SMILES string of the molecule is CC.O=C(O)[C@H]1CCc2ccccc2O1. The Morgan fingerprint density at radius 2 is 2.07 bits per heavy atom. The second-order valence-electron chi connectivity index (χ2n) is 3.09. The predicted octanol–water partition coefficient (Wildman–Crippen LogP) is 2.49. The number of para-hydroxylation sites is 1. The lowest BCUT2D eigenvalue weighted by molar-refractivity contribution is -0.145. The predicted molar refractivity (Wildman–Crippen MR) is 58.2 cm³/mol. The summed E-state index contributed by atoms with van der Waals surface area (Å²) in [6.07, 6.45) is 0.675. The van der Waals surface area contributed by atoms with Crippen LogP contribution in [0.1, 0.15) is 25.8 Å². The molecule has 0 unspecified atom stereocenters. The van der Waals surface area contributed by atoms with Gasteiger partial charge in [0.1, 0.15) is 5.75 Å². The van der Waals surface area contributed by atoms with Crippen molar-refractivity contribution < 1.29 is 14.6 Å². The van der Waals surface area contributed by atoms with Crippen LogP contribution in [0, 0.1) is 0 Å². The van der Waals surface area contributed by atoms with Crippen molar-refractivity contribution in [2.75, 3.05) is 0 Å². The fraction of sp³-hybridized carbons (Fsp3) is 0.417. The number of carboxylic acid groups (broad SMARTS) is 1. The van der Waals surface area contributed by atoms with Gasteiger partial charge in [-0.1, -0.05) is 32.0 Å². The second-order valence-corrected chi connectivity index (χ2v) is 3.09. The van der Waals surface area contributed by atoms with E-state index in [-0.39, 0.29) is 0 Å². The van der Waals surface area contributed by atoms with Gasteiger partial charge in [-0.25, -0.2) is 4.79 Å². The summed E-state index contributed by atoms with van der Waals surface area (Å²) in [5, 5.41) is 8.74. The van der Waals surface area contributed by atoms with Gasteiger partial charge < -0.3 is 9.84 Å². The summed E-state index contributed by atoms with van der Waals surface area (Å²) in [5.74, 6) is -0.171. The zero-order chi connectivity index (χ0) is 11.3. The standard InChI is InChI=1S/C10H10O3.C2H6/c11-10(12)9-6-5-7-3-1-2-4-8(7)13-9;1-2/h1-4,9H,5-6H2,(H,11,12);1-2H3/t9-;/m1./s1. The maximum atomic E-state index is 10.6. The zero-order valence-electron chi connectivity index (χ0n) is 9.06. The van der Waals surface area contributed by atoms with Gasteiger partial charge in [-0.05, 0) is 24.5 Å². The van der Waals surface area contributed by atoms with Crippen LogP contribution < -0.4 is 4.74 Å². The third-order valence-electron chi connectivity index (χ3n) is 2.19. The van der Waals surface area contributed by atoms with Crippen molar-refractivity contribution in [1.82, 2.24) is 0 Å². The lowest BCUT2D eigenvalue weighted by atomic mass is 10.0. The summed E-state index contributed by atoms with van der Waals surface area (Å²) in [4.78, 5) is 10.6. The largest absolute Gasteiger partial charge is 0.479 e. The molecule has 0 bridgehead atoms. The van der Waals surface area contributed by atoms with Crippen molar-refractivity contribution in [1.29, 1.82) is 0 Å². The summed E-state index contributed by atoms with van der Waals surface area (Å²) >= 11 is 0. The first-order chi connectivity index (χ1) is 7.27. The Hall–Kier alpha value is -1.51. The van der Waals surface area contributed by atoms with Gasteiger partial charge in [-0.2, -0.15) is 0 Å². The smallest absolute Gasteiger partial charge is 0.344 e. The Balaban J connectivity index is 0.000000531. The van der Waals surface area contributed by atoms with E-state index in [1.807, 2.05) is 38.1 Å². The van der Waals surface area contributed by atoms with Crippen molar-refractivity contribution in [3.8, 4) is 5.75 Å². The van der Waals surface area contributed by atoms with Crippen LogP contribution in [0.25, 0.3) is 0 Å². The lowest BCUT2D eigenvalue weighted by Gasteiger charge is -2.22. The first-order valence-electron chi connectivity index (χ1n) is 5.25. The molecule has 3 heteroatoms. The molecule has 1 aromatic carbocycles. The number of carbonyl (C=O) groups is 1. The van der Waals surface area contributed by atoms with Crippen LogP contribution in [0.3, 0.4) is 0 Å². The molecule has 1 aromatic rings. The number of benzene rings is 1. The summed E-state index contributed by atoms with van der Waals surface area (Å²) in [5.41, 5.74) is 1.10. The molecule has 15 heavy (non-hydrogen) atoms. The van der Waals surface area contributed by atoms with E-state index in [0.717, 1.165) is 12.0 Å². The van der Waals surface area contributed by atoms with Crippen molar-refractivity contribution >= 4 is 5.97 Å².